The van der Waals surface area contributed by atoms with Gasteiger partial charge in [0.1, 0.15) is 5.60 Å². The second-order valence-corrected chi connectivity index (χ2v) is 7.79. The van der Waals surface area contributed by atoms with Crippen molar-refractivity contribution < 1.29 is 9.53 Å². The maximum atomic E-state index is 12.1. The standard InChI is InChI=1S/C16H29N3O2/c1-16(2,3)21-15(20)19-9-7-13(11-19)17-12-6-8-18(10-12)14-4-5-14/h12-14,17H,4-11H2,1-3H3. The number of amides is 1. The Bertz CT molecular complexity index is 389. The number of rotatable bonds is 3. The normalized spacial score (nSPS) is 30.9. The Hall–Kier alpha value is -0.810. The molecule has 0 aromatic heterocycles. The molecule has 0 bridgehead atoms. The molecule has 0 aromatic carbocycles. The highest BCUT2D eigenvalue weighted by molar-refractivity contribution is 5.68. The Morgan fingerprint density at radius 1 is 1.05 bits per heavy atom. The molecule has 2 saturated heterocycles. The molecule has 2 heterocycles. The van der Waals surface area contributed by atoms with Crippen molar-refractivity contribution in [2.75, 3.05) is 26.2 Å². The van der Waals surface area contributed by atoms with Gasteiger partial charge in [0, 0.05) is 44.3 Å². The zero-order valence-corrected chi connectivity index (χ0v) is 13.6. The van der Waals surface area contributed by atoms with Crippen LogP contribution in [0.15, 0.2) is 0 Å². The Labute approximate surface area is 128 Å². The number of hydrogen-bond acceptors (Lipinski definition) is 4. The van der Waals surface area contributed by atoms with Gasteiger partial charge in [-0.05, 0) is 46.5 Å². The van der Waals surface area contributed by atoms with Crippen molar-refractivity contribution in [3.05, 3.63) is 0 Å². The van der Waals surface area contributed by atoms with Gasteiger partial charge in [0.2, 0.25) is 0 Å². The third kappa shape index (κ3) is 4.10. The minimum atomic E-state index is -0.404. The fourth-order valence-corrected chi connectivity index (χ4v) is 3.42. The molecule has 120 valence electrons. The van der Waals surface area contributed by atoms with E-state index >= 15 is 0 Å². The molecular formula is C16H29N3O2. The van der Waals surface area contributed by atoms with Crippen molar-refractivity contribution in [3.8, 4) is 0 Å². The predicted octanol–water partition coefficient (Wildman–Crippen LogP) is 1.82. The van der Waals surface area contributed by atoms with Crippen LogP contribution in [0.25, 0.3) is 0 Å². The third-order valence-corrected chi connectivity index (χ3v) is 4.59. The lowest BCUT2D eigenvalue weighted by molar-refractivity contribution is 0.0290. The van der Waals surface area contributed by atoms with Crippen LogP contribution < -0.4 is 5.32 Å². The summed E-state index contributed by atoms with van der Waals surface area (Å²) in [4.78, 5) is 16.5. The summed E-state index contributed by atoms with van der Waals surface area (Å²) in [6, 6.07) is 1.91. The van der Waals surface area contributed by atoms with E-state index in [1.807, 2.05) is 25.7 Å². The van der Waals surface area contributed by atoms with Crippen LogP contribution >= 0.6 is 0 Å². The highest BCUT2D eigenvalue weighted by atomic mass is 16.6. The summed E-state index contributed by atoms with van der Waals surface area (Å²) in [5, 5.41) is 3.75. The summed E-state index contributed by atoms with van der Waals surface area (Å²) in [6.07, 6.45) is 4.90. The highest BCUT2D eigenvalue weighted by Crippen LogP contribution is 2.30. The van der Waals surface area contributed by atoms with Crippen molar-refractivity contribution >= 4 is 6.09 Å². The van der Waals surface area contributed by atoms with Gasteiger partial charge in [0.05, 0.1) is 0 Å². The first-order chi connectivity index (χ1) is 9.90. The van der Waals surface area contributed by atoms with Crippen LogP contribution in [0.5, 0.6) is 0 Å². The average Bonchev–Trinajstić information content (AvgIpc) is 2.95. The van der Waals surface area contributed by atoms with Gasteiger partial charge in [-0.2, -0.15) is 0 Å². The van der Waals surface area contributed by atoms with Gasteiger partial charge in [-0.15, -0.1) is 0 Å². The van der Waals surface area contributed by atoms with Crippen LogP contribution in [0.2, 0.25) is 0 Å². The number of carbonyl (C=O) groups excluding carboxylic acids is 1. The fourth-order valence-electron chi connectivity index (χ4n) is 3.42. The van der Waals surface area contributed by atoms with Crippen molar-refractivity contribution in [1.29, 1.82) is 0 Å². The Morgan fingerprint density at radius 3 is 2.38 bits per heavy atom. The number of likely N-dealkylation sites (tertiary alicyclic amines) is 2. The zero-order valence-electron chi connectivity index (χ0n) is 13.6. The van der Waals surface area contributed by atoms with Crippen molar-refractivity contribution in [2.45, 2.75) is 70.2 Å². The van der Waals surface area contributed by atoms with Gasteiger partial charge in [-0.25, -0.2) is 4.79 Å². The number of nitrogens with zero attached hydrogens (tertiary/aromatic N) is 2. The van der Waals surface area contributed by atoms with Crippen LogP contribution in [0.1, 0.15) is 46.5 Å². The molecule has 3 aliphatic rings. The molecule has 2 unspecified atom stereocenters. The highest BCUT2D eigenvalue weighted by Gasteiger charge is 2.36. The third-order valence-electron chi connectivity index (χ3n) is 4.59. The van der Waals surface area contributed by atoms with Gasteiger partial charge < -0.3 is 15.0 Å². The van der Waals surface area contributed by atoms with Crippen LogP contribution in [0.3, 0.4) is 0 Å². The smallest absolute Gasteiger partial charge is 0.410 e. The lowest BCUT2D eigenvalue weighted by Gasteiger charge is -2.25. The summed E-state index contributed by atoms with van der Waals surface area (Å²) < 4.78 is 5.45. The number of hydrogen-bond donors (Lipinski definition) is 1. The Balaban J connectivity index is 1.41. The molecule has 1 N–H and O–H groups in total. The predicted molar refractivity (Wildman–Crippen MR) is 82.3 cm³/mol. The first-order valence-corrected chi connectivity index (χ1v) is 8.39. The van der Waals surface area contributed by atoms with Crippen LogP contribution in [0.4, 0.5) is 4.79 Å². The van der Waals surface area contributed by atoms with Gasteiger partial charge in [0.15, 0.2) is 0 Å². The molecule has 1 saturated carbocycles. The maximum absolute atomic E-state index is 12.1. The summed E-state index contributed by atoms with van der Waals surface area (Å²) in [5.74, 6) is 0. The fraction of sp³-hybridized carbons (Fsp3) is 0.938. The molecule has 3 rings (SSSR count). The molecule has 2 atom stereocenters. The molecule has 1 aliphatic carbocycles. The van der Waals surface area contributed by atoms with E-state index in [4.69, 9.17) is 4.74 Å². The van der Waals surface area contributed by atoms with Crippen LogP contribution in [0, 0.1) is 0 Å². The first-order valence-electron chi connectivity index (χ1n) is 8.39. The molecule has 0 radical (unpaired) electrons. The molecule has 5 nitrogen and oxygen atoms in total. The van der Waals surface area contributed by atoms with Gasteiger partial charge >= 0.3 is 6.09 Å². The van der Waals surface area contributed by atoms with E-state index in [9.17, 15) is 4.79 Å². The summed E-state index contributed by atoms with van der Waals surface area (Å²) in [5.41, 5.74) is -0.404. The number of carbonyl (C=O) groups is 1. The van der Waals surface area contributed by atoms with E-state index in [2.05, 4.69) is 10.2 Å². The maximum Gasteiger partial charge on any atom is 0.410 e. The molecule has 21 heavy (non-hydrogen) atoms. The van der Waals surface area contributed by atoms with E-state index < -0.39 is 5.60 Å². The lowest BCUT2D eigenvalue weighted by Crippen LogP contribution is -2.43. The molecule has 0 spiro atoms. The minimum Gasteiger partial charge on any atom is -0.444 e. The zero-order chi connectivity index (χ0) is 15.0. The molecule has 2 aliphatic heterocycles. The number of ether oxygens (including phenoxy) is 1. The average molecular weight is 295 g/mol. The van der Waals surface area contributed by atoms with E-state index in [0.717, 1.165) is 25.6 Å². The quantitative estimate of drug-likeness (QED) is 0.862. The molecule has 5 heteroatoms. The van der Waals surface area contributed by atoms with Crippen molar-refractivity contribution in [2.24, 2.45) is 0 Å². The molecule has 0 aromatic rings. The Morgan fingerprint density at radius 2 is 1.71 bits per heavy atom. The SMILES string of the molecule is CC(C)(C)OC(=O)N1CCC(NC2CCN(C3CC3)C2)C1. The first kappa shape index (κ1) is 15.1. The summed E-state index contributed by atoms with van der Waals surface area (Å²) in [7, 11) is 0. The largest absolute Gasteiger partial charge is 0.444 e. The molecule has 1 amide bonds. The van der Waals surface area contributed by atoms with Gasteiger partial charge in [0.25, 0.3) is 0 Å². The second kappa shape index (κ2) is 5.76. The molecule has 3 fully saturated rings. The van der Waals surface area contributed by atoms with Crippen molar-refractivity contribution in [1.82, 2.24) is 15.1 Å². The lowest BCUT2D eigenvalue weighted by atomic mass is 10.2. The van der Waals surface area contributed by atoms with E-state index in [-0.39, 0.29) is 6.09 Å². The van der Waals surface area contributed by atoms with E-state index in [0.29, 0.717) is 12.1 Å². The van der Waals surface area contributed by atoms with Gasteiger partial charge in [-0.1, -0.05) is 0 Å². The minimum absolute atomic E-state index is 0.169. The van der Waals surface area contributed by atoms with Gasteiger partial charge in [-0.3, -0.25) is 4.90 Å². The summed E-state index contributed by atoms with van der Waals surface area (Å²) >= 11 is 0. The van der Waals surface area contributed by atoms with Crippen molar-refractivity contribution in [3.63, 3.8) is 0 Å². The second-order valence-electron chi connectivity index (χ2n) is 7.79. The van der Waals surface area contributed by atoms with E-state index in [1.54, 1.807) is 0 Å². The van der Waals surface area contributed by atoms with Crippen LogP contribution in [-0.2, 0) is 4.74 Å². The summed E-state index contributed by atoms with van der Waals surface area (Å²) in [6.45, 7) is 9.78. The topological polar surface area (TPSA) is 44.8 Å². The Kier molecular flexibility index (Phi) is 4.14. The molecular weight excluding hydrogens is 266 g/mol. The number of nitrogens with one attached hydrogen (secondary N) is 1. The monoisotopic (exact) mass is 295 g/mol. The van der Waals surface area contributed by atoms with Crippen LogP contribution in [-0.4, -0.2) is 65.8 Å². The van der Waals surface area contributed by atoms with E-state index in [1.165, 1.54) is 32.4 Å².